The minimum absolute atomic E-state index is 0.0987. The average molecular weight is 376 g/mol. The van der Waals surface area contributed by atoms with Crippen LogP contribution in [0.15, 0.2) is 46.2 Å². The summed E-state index contributed by atoms with van der Waals surface area (Å²) in [5.41, 5.74) is 3.18. The van der Waals surface area contributed by atoms with Crippen molar-refractivity contribution in [2.45, 2.75) is 18.2 Å². The topological polar surface area (TPSA) is 47.4 Å². The average Bonchev–Trinajstić information content (AvgIpc) is 3.25. The number of benzene rings is 1. The molecule has 2 heterocycles. The molecular weight excluding hydrogens is 354 g/mol. The molecule has 0 aliphatic rings. The van der Waals surface area contributed by atoms with Gasteiger partial charge in [-0.2, -0.15) is 11.3 Å². The number of thiophene rings is 1. The van der Waals surface area contributed by atoms with Crippen molar-refractivity contribution >= 4 is 40.0 Å². The van der Waals surface area contributed by atoms with Crippen molar-refractivity contribution < 1.29 is 9.53 Å². The summed E-state index contributed by atoms with van der Waals surface area (Å²) >= 11 is 3.13. The molecule has 0 fully saturated rings. The number of aromatic nitrogens is 2. The van der Waals surface area contributed by atoms with E-state index in [1.54, 1.807) is 23.3 Å². The van der Waals surface area contributed by atoms with Crippen LogP contribution in [0.1, 0.15) is 5.56 Å². The molecule has 0 spiro atoms. The molecule has 1 aromatic carbocycles. The Kier molecular flexibility index (Phi) is 6.12. The lowest BCUT2D eigenvalue weighted by molar-refractivity contribution is -0.127. The number of thioether (sulfide) groups is 1. The van der Waals surface area contributed by atoms with E-state index in [2.05, 4.69) is 14.9 Å². The van der Waals surface area contributed by atoms with E-state index in [0.717, 1.165) is 28.3 Å². The van der Waals surface area contributed by atoms with Gasteiger partial charge in [0.25, 0.3) is 0 Å². The number of rotatable bonds is 8. The van der Waals surface area contributed by atoms with Crippen LogP contribution in [0, 0.1) is 0 Å². The molecule has 3 aromatic rings. The zero-order valence-electron chi connectivity index (χ0n) is 14.3. The van der Waals surface area contributed by atoms with Crippen LogP contribution in [0.5, 0.6) is 0 Å². The second kappa shape index (κ2) is 8.51. The molecule has 0 aliphatic carbocycles. The zero-order valence-corrected chi connectivity index (χ0v) is 16.0. The highest BCUT2D eigenvalue weighted by atomic mass is 32.2. The van der Waals surface area contributed by atoms with Crippen LogP contribution in [0.4, 0.5) is 0 Å². The minimum Gasteiger partial charge on any atom is -0.383 e. The standard InChI is InChI=1S/C18H21N3O2S2/c1-20(11-14-7-10-24-12-14)17(22)13-25-18-19-15-5-3-4-6-16(15)21(18)8-9-23-2/h3-7,10,12H,8-9,11,13H2,1-2H3. The van der Waals surface area contributed by atoms with Gasteiger partial charge in [-0.1, -0.05) is 23.9 Å². The zero-order chi connectivity index (χ0) is 17.6. The van der Waals surface area contributed by atoms with E-state index in [1.165, 1.54) is 11.8 Å². The molecule has 2 aromatic heterocycles. The Labute approximate surface area is 155 Å². The summed E-state index contributed by atoms with van der Waals surface area (Å²) in [6.07, 6.45) is 0. The summed E-state index contributed by atoms with van der Waals surface area (Å²) in [4.78, 5) is 18.9. The number of nitrogens with zero attached hydrogens (tertiary/aromatic N) is 3. The number of imidazole rings is 1. The molecule has 3 rings (SSSR count). The van der Waals surface area contributed by atoms with Gasteiger partial charge in [-0.05, 0) is 34.5 Å². The van der Waals surface area contributed by atoms with E-state index in [4.69, 9.17) is 4.74 Å². The van der Waals surface area contributed by atoms with Crippen LogP contribution in [0.25, 0.3) is 11.0 Å². The second-order valence-electron chi connectivity index (χ2n) is 5.70. The fourth-order valence-electron chi connectivity index (χ4n) is 2.54. The fraction of sp³-hybridized carbons (Fsp3) is 0.333. The highest BCUT2D eigenvalue weighted by molar-refractivity contribution is 7.99. The van der Waals surface area contributed by atoms with Crippen molar-refractivity contribution in [2.24, 2.45) is 0 Å². The van der Waals surface area contributed by atoms with E-state index in [-0.39, 0.29) is 5.91 Å². The van der Waals surface area contributed by atoms with Gasteiger partial charge in [0, 0.05) is 27.2 Å². The van der Waals surface area contributed by atoms with E-state index >= 15 is 0 Å². The number of fused-ring (bicyclic) bond motifs is 1. The largest absolute Gasteiger partial charge is 0.383 e. The lowest BCUT2D eigenvalue weighted by atomic mass is 10.3. The second-order valence-corrected chi connectivity index (χ2v) is 7.42. The first-order valence-corrected chi connectivity index (χ1v) is 9.94. The first-order valence-electron chi connectivity index (χ1n) is 8.01. The Morgan fingerprint density at radius 2 is 2.20 bits per heavy atom. The maximum atomic E-state index is 12.4. The molecule has 5 nitrogen and oxygen atoms in total. The Morgan fingerprint density at radius 3 is 2.96 bits per heavy atom. The summed E-state index contributed by atoms with van der Waals surface area (Å²) < 4.78 is 7.33. The first kappa shape index (κ1) is 18.0. The van der Waals surface area contributed by atoms with Gasteiger partial charge >= 0.3 is 0 Å². The van der Waals surface area contributed by atoms with Crippen LogP contribution >= 0.6 is 23.1 Å². The molecule has 132 valence electrons. The summed E-state index contributed by atoms with van der Waals surface area (Å²) in [6, 6.07) is 10.1. The number of para-hydroxylation sites is 2. The van der Waals surface area contributed by atoms with Crippen molar-refractivity contribution in [2.75, 3.05) is 26.5 Å². The number of amides is 1. The maximum absolute atomic E-state index is 12.4. The molecule has 1 amide bonds. The summed E-state index contributed by atoms with van der Waals surface area (Å²) in [5, 5.41) is 4.96. The highest BCUT2D eigenvalue weighted by Crippen LogP contribution is 2.24. The van der Waals surface area contributed by atoms with Crippen molar-refractivity contribution in [3.63, 3.8) is 0 Å². The van der Waals surface area contributed by atoms with Gasteiger partial charge in [-0.3, -0.25) is 4.79 Å². The lowest BCUT2D eigenvalue weighted by Gasteiger charge is -2.16. The number of methoxy groups -OCH3 is 1. The van der Waals surface area contributed by atoms with Crippen LogP contribution in [0.3, 0.4) is 0 Å². The molecule has 0 saturated carbocycles. The number of ether oxygens (including phenoxy) is 1. The van der Waals surface area contributed by atoms with Gasteiger partial charge in [0.15, 0.2) is 5.16 Å². The Bertz CT molecular complexity index is 830. The first-order chi connectivity index (χ1) is 12.2. The smallest absolute Gasteiger partial charge is 0.233 e. The summed E-state index contributed by atoms with van der Waals surface area (Å²) in [6.45, 7) is 1.97. The number of hydrogen-bond acceptors (Lipinski definition) is 5. The molecule has 0 aliphatic heterocycles. The van der Waals surface area contributed by atoms with Crippen LogP contribution in [-0.2, 0) is 22.6 Å². The third-order valence-electron chi connectivity index (χ3n) is 3.89. The Morgan fingerprint density at radius 1 is 1.36 bits per heavy atom. The normalized spacial score (nSPS) is 11.1. The van der Waals surface area contributed by atoms with Crippen LogP contribution in [0.2, 0.25) is 0 Å². The molecule has 0 saturated heterocycles. The van der Waals surface area contributed by atoms with Crippen LogP contribution in [-0.4, -0.2) is 46.9 Å². The van der Waals surface area contributed by atoms with Gasteiger partial charge in [0.2, 0.25) is 5.91 Å². The maximum Gasteiger partial charge on any atom is 0.233 e. The van der Waals surface area contributed by atoms with Crippen molar-refractivity contribution in [1.29, 1.82) is 0 Å². The van der Waals surface area contributed by atoms with E-state index in [0.29, 0.717) is 18.9 Å². The highest BCUT2D eigenvalue weighted by Gasteiger charge is 2.15. The van der Waals surface area contributed by atoms with Gasteiger partial charge < -0.3 is 14.2 Å². The molecule has 0 radical (unpaired) electrons. The summed E-state index contributed by atoms with van der Waals surface area (Å²) in [7, 11) is 3.53. The predicted octanol–water partition coefficient (Wildman–Crippen LogP) is 3.49. The van der Waals surface area contributed by atoms with Crippen LogP contribution < -0.4 is 0 Å². The monoisotopic (exact) mass is 375 g/mol. The number of carbonyl (C=O) groups excluding carboxylic acids is 1. The Balaban J connectivity index is 1.68. The quantitative estimate of drug-likeness (QED) is 0.566. The molecule has 25 heavy (non-hydrogen) atoms. The van der Waals surface area contributed by atoms with Crippen molar-refractivity contribution in [3.05, 3.63) is 46.7 Å². The molecule has 7 heteroatoms. The third kappa shape index (κ3) is 4.42. The molecular formula is C18H21N3O2S2. The van der Waals surface area contributed by atoms with Gasteiger partial charge in [0.1, 0.15) is 0 Å². The van der Waals surface area contributed by atoms with E-state index < -0.39 is 0 Å². The van der Waals surface area contributed by atoms with Gasteiger partial charge in [0.05, 0.1) is 23.4 Å². The van der Waals surface area contributed by atoms with Gasteiger partial charge in [-0.25, -0.2) is 4.98 Å². The number of hydrogen-bond donors (Lipinski definition) is 0. The third-order valence-corrected chi connectivity index (χ3v) is 5.58. The van der Waals surface area contributed by atoms with E-state index in [9.17, 15) is 4.79 Å². The predicted molar refractivity (Wildman–Crippen MR) is 103 cm³/mol. The SMILES string of the molecule is COCCn1c(SCC(=O)N(C)Cc2ccsc2)nc2ccccc21. The van der Waals surface area contributed by atoms with Gasteiger partial charge in [-0.15, -0.1) is 0 Å². The fourth-order valence-corrected chi connectivity index (χ4v) is 4.18. The van der Waals surface area contributed by atoms with Crippen molar-refractivity contribution in [3.8, 4) is 0 Å². The summed E-state index contributed by atoms with van der Waals surface area (Å²) in [5.74, 6) is 0.471. The Hall–Kier alpha value is -1.83. The van der Waals surface area contributed by atoms with Crippen molar-refractivity contribution in [1.82, 2.24) is 14.5 Å². The molecule has 0 N–H and O–H groups in total. The molecule has 0 bridgehead atoms. The van der Waals surface area contributed by atoms with E-state index in [1.807, 2.05) is 42.8 Å². The minimum atomic E-state index is 0.0987. The lowest BCUT2D eigenvalue weighted by Crippen LogP contribution is -2.27. The molecule has 0 unspecified atom stereocenters. The molecule has 0 atom stereocenters. The number of carbonyl (C=O) groups is 1.